The number of hydrogen-bond acceptors (Lipinski definition) is 3. The lowest BCUT2D eigenvalue weighted by Crippen LogP contribution is -2.15. The Bertz CT molecular complexity index is 446. The molecule has 1 aliphatic rings. The molecule has 0 amide bonds. The molecule has 0 atom stereocenters. The highest BCUT2D eigenvalue weighted by atomic mass is 16.5. The Hall–Kier alpha value is -1.90. The van der Waals surface area contributed by atoms with Crippen molar-refractivity contribution in [3.05, 3.63) is 35.4 Å². The van der Waals surface area contributed by atoms with Gasteiger partial charge in [0.05, 0.1) is 12.2 Å². The van der Waals surface area contributed by atoms with Crippen molar-refractivity contribution in [3.8, 4) is 5.75 Å². The Morgan fingerprint density at radius 3 is 3.06 bits per heavy atom. The molecular formula is C13H12O3. The van der Waals surface area contributed by atoms with Crippen LogP contribution in [-0.4, -0.2) is 18.7 Å². The summed E-state index contributed by atoms with van der Waals surface area (Å²) < 4.78 is 5.42. The molecule has 0 spiro atoms. The number of Topliss-reactive ketones (excluding diaryl/α,β-unsaturated/α-hetero) is 1. The van der Waals surface area contributed by atoms with E-state index in [4.69, 9.17) is 4.74 Å². The quantitative estimate of drug-likeness (QED) is 0.728. The van der Waals surface area contributed by atoms with E-state index in [-0.39, 0.29) is 5.78 Å². The molecule has 1 heterocycles. The van der Waals surface area contributed by atoms with E-state index < -0.39 is 0 Å². The first-order valence-electron chi connectivity index (χ1n) is 5.21. The molecule has 2 rings (SSSR count). The summed E-state index contributed by atoms with van der Waals surface area (Å²) in [4.78, 5) is 21.7. The Kier molecular flexibility index (Phi) is 3.15. The first kappa shape index (κ1) is 10.6. The Balaban J connectivity index is 2.25. The van der Waals surface area contributed by atoms with Crippen LogP contribution >= 0.6 is 0 Å². The number of benzene rings is 1. The molecule has 1 aromatic carbocycles. The molecule has 0 fully saturated rings. The summed E-state index contributed by atoms with van der Waals surface area (Å²) in [5.41, 5.74) is 1.59. The summed E-state index contributed by atoms with van der Waals surface area (Å²) in [6.07, 6.45) is 5.32. The van der Waals surface area contributed by atoms with Gasteiger partial charge >= 0.3 is 0 Å². The van der Waals surface area contributed by atoms with Crippen molar-refractivity contribution in [2.24, 2.45) is 0 Å². The van der Waals surface area contributed by atoms with Crippen molar-refractivity contribution in [1.29, 1.82) is 0 Å². The maximum absolute atomic E-state index is 11.5. The van der Waals surface area contributed by atoms with Crippen LogP contribution in [0.3, 0.4) is 0 Å². The Morgan fingerprint density at radius 2 is 2.25 bits per heavy atom. The van der Waals surface area contributed by atoms with Gasteiger partial charge in [0.15, 0.2) is 5.78 Å². The van der Waals surface area contributed by atoms with E-state index in [9.17, 15) is 9.59 Å². The number of ketones is 1. The minimum Gasteiger partial charge on any atom is -0.492 e. The van der Waals surface area contributed by atoms with Gasteiger partial charge in [0.1, 0.15) is 12.0 Å². The van der Waals surface area contributed by atoms with Gasteiger partial charge in [-0.1, -0.05) is 18.2 Å². The van der Waals surface area contributed by atoms with E-state index >= 15 is 0 Å². The second-order valence-electron chi connectivity index (χ2n) is 3.58. The van der Waals surface area contributed by atoms with Gasteiger partial charge in [-0.3, -0.25) is 4.79 Å². The van der Waals surface area contributed by atoms with Crippen molar-refractivity contribution in [3.63, 3.8) is 0 Å². The summed E-state index contributed by atoms with van der Waals surface area (Å²) in [5.74, 6) is 0.772. The molecule has 0 unspecified atom stereocenters. The van der Waals surface area contributed by atoms with Crippen molar-refractivity contribution in [2.45, 2.75) is 12.8 Å². The minimum absolute atomic E-state index is 0.129. The molecule has 0 saturated carbocycles. The highest BCUT2D eigenvalue weighted by Gasteiger charge is 2.17. The minimum atomic E-state index is 0.129. The summed E-state index contributed by atoms with van der Waals surface area (Å²) >= 11 is 0. The fourth-order valence-corrected chi connectivity index (χ4v) is 1.64. The van der Waals surface area contributed by atoms with Crippen molar-refractivity contribution < 1.29 is 14.3 Å². The van der Waals surface area contributed by atoms with Crippen LogP contribution < -0.4 is 4.74 Å². The molecule has 0 radical (unpaired) electrons. The highest BCUT2D eigenvalue weighted by molar-refractivity contribution is 5.99. The Labute approximate surface area is 93.7 Å². The normalized spacial score (nSPS) is 14.6. The van der Waals surface area contributed by atoms with E-state index in [1.165, 1.54) is 0 Å². The van der Waals surface area contributed by atoms with Gasteiger partial charge in [-0.2, -0.15) is 0 Å². The van der Waals surface area contributed by atoms with Gasteiger partial charge in [-0.05, 0) is 17.7 Å². The number of allylic oxidation sites excluding steroid dienone is 1. The van der Waals surface area contributed by atoms with Gasteiger partial charge in [0.25, 0.3) is 0 Å². The first-order valence-corrected chi connectivity index (χ1v) is 5.21. The summed E-state index contributed by atoms with van der Waals surface area (Å²) in [6.45, 7) is 0.452. The van der Waals surface area contributed by atoms with Gasteiger partial charge in [0.2, 0.25) is 0 Å². The fraction of sp³-hybridized carbons (Fsp3) is 0.231. The fourth-order valence-electron chi connectivity index (χ4n) is 1.64. The zero-order valence-corrected chi connectivity index (χ0v) is 8.81. The molecule has 1 aliphatic heterocycles. The largest absolute Gasteiger partial charge is 0.492 e. The molecule has 82 valence electrons. The molecule has 0 aliphatic carbocycles. The van der Waals surface area contributed by atoms with Gasteiger partial charge in [-0.25, -0.2) is 0 Å². The molecule has 3 nitrogen and oxygen atoms in total. The van der Waals surface area contributed by atoms with E-state index in [1.54, 1.807) is 12.1 Å². The van der Waals surface area contributed by atoms with Crippen LogP contribution in [0, 0.1) is 0 Å². The van der Waals surface area contributed by atoms with Gasteiger partial charge in [0, 0.05) is 12.8 Å². The van der Waals surface area contributed by atoms with Gasteiger partial charge < -0.3 is 9.53 Å². The third kappa shape index (κ3) is 2.19. The number of fused-ring (bicyclic) bond motifs is 1. The van der Waals surface area contributed by atoms with E-state index in [2.05, 4.69) is 0 Å². The third-order valence-corrected chi connectivity index (χ3v) is 2.44. The lowest BCUT2D eigenvalue weighted by atomic mass is 10.0. The Morgan fingerprint density at radius 1 is 1.38 bits per heavy atom. The molecule has 0 saturated heterocycles. The molecule has 0 N–H and O–H groups in total. The zero-order chi connectivity index (χ0) is 11.4. The molecule has 0 aromatic heterocycles. The summed E-state index contributed by atoms with van der Waals surface area (Å²) in [5, 5.41) is 0. The van der Waals surface area contributed by atoms with Crippen molar-refractivity contribution in [2.75, 3.05) is 6.61 Å². The maximum atomic E-state index is 11.5. The second kappa shape index (κ2) is 4.75. The zero-order valence-electron chi connectivity index (χ0n) is 8.81. The smallest absolute Gasteiger partial charge is 0.169 e. The molecule has 0 bridgehead atoms. The van der Waals surface area contributed by atoms with Crippen molar-refractivity contribution >= 4 is 18.1 Å². The average Bonchev–Trinajstić information content (AvgIpc) is 2.30. The van der Waals surface area contributed by atoms with Crippen LogP contribution in [0.4, 0.5) is 0 Å². The van der Waals surface area contributed by atoms with Crippen LogP contribution in [0.2, 0.25) is 0 Å². The number of carbonyl (C=O) groups is 2. The number of carbonyl (C=O) groups excluding carboxylic acids is 2. The number of hydrogen-bond donors (Lipinski definition) is 0. The third-order valence-electron chi connectivity index (χ3n) is 2.44. The predicted molar refractivity (Wildman–Crippen MR) is 60.6 cm³/mol. The van der Waals surface area contributed by atoms with E-state index in [0.717, 1.165) is 11.8 Å². The number of aldehydes is 1. The molecule has 3 heteroatoms. The maximum Gasteiger partial charge on any atom is 0.169 e. The SMILES string of the molecule is O=CCC=Cc1ccc2c(c1)OCCC2=O. The monoisotopic (exact) mass is 216 g/mol. The lowest BCUT2D eigenvalue weighted by Gasteiger charge is -2.16. The van der Waals surface area contributed by atoms with E-state index in [1.807, 2.05) is 18.2 Å². The summed E-state index contributed by atoms with van der Waals surface area (Å²) in [6, 6.07) is 5.46. The number of ether oxygens (including phenoxy) is 1. The topological polar surface area (TPSA) is 43.4 Å². The van der Waals surface area contributed by atoms with Crippen LogP contribution in [0.25, 0.3) is 6.08 Å². The predicted octanol–water partition coefficient (Wildman–Crippen LogP) is 2.25. The first-order chi connectivity index (χ1) is 7.81. The highest BCUT2D eigenvalue weighted by Crippen LogP contribution is 2.26. The van der Waals surface area contributed by atoms with Crippen LogP contribution in [0.15, 0.2) is 24.3 Å². The van der Waals surface area contributed by atoms with Crippen LogP contribution in [-0.2, 0) is 4.79 Å². The summed E-state index contributed by atoms with van der Waals surface area (Å²) in [7, 11) is 0. The molecule has 16 heavy (non-hydrogen) atoms. The van der Waals surface area contributed by atoms with Crippen molar-refractivity contribution in [1.82, 2.24) is 0 Å². The van der Waals surface area contributed by atoms with Crippen LogP contribution in [0.5, 0.6) is 5.75 Å². The standard InChI is InChI=1S/C13H12O3/c14-7-2-1-3-10-4-5-11-12(15)6-8-16-13(11)9-10/h1,3-5,7,9H,2,6,8H2. The van der Waals surface area contributed by atoms with Gasteiger partial charge in [-0.15, -0.1) is 0 Å². The van der Waals surface area contributed by atoms with E-state index in [0.29, 0.717) is 30.8 Å². The number of rotatable bonds is 3. The average molecular weight is 216 g/mol. The van der Waals surface area contributed by atoms with Crippen LogP contribution in [0.1, 0.15) is 28.8 Å². The molecular weight excluding hydrogens is 204 g/mol. The molecule has 1 aromatic rings. The lowest BCUT2D eigenvalue weighted by molar-refractivity contribution is -0.107. The second-order valence-corrected chi connectivity index (χ2v) is 3.58.